The molecule has 1 aromatic heterocycles. The van der Waals surface area contributed by atoms with Crippen molar-refractivity contribution in [2.75, 3.05) is 20.1 Å². The van der Waals surface area contributed by atoms with Gasteiger partial charge < -0.3 is 5.32 Å². The Kier molecular flexibility index (Phi) is 7.83. The molecule has 0 radical (unpaired) electrons. The Morgan fingerprint density at radius 1 is 1.29 bits per heavy atom. The van der Waals surface area contributed by atoms with Crippen LogP contribution in [0.15, 0.2) is 12.1 Å². The summed E-state index contributed by atoms with van der Waals surface area (Å²) < 4.78 is 28.2. The first-order valence-electron chi connectivity index (χ1n) is 7.37. The van der Waals surface area contributed by atoms with Crippen molar-refractivity contribution in [1.29, 1.82) is 0 Å². The molecule has 0 saturated carbocycles. The zero-order chi connectivity index (χ0) is 15.9. The molecule has 1 heterocycles. The third-order valence-corrected chi connectivity index (χ3v) is 5.85. The van der Waals surface area contributed by atoms with Crippen LogP contribution in [0.25, 0.3) is 0 Å². The summed E-state index contributed by atoms with van der Waals surface area (Å²) in [5, 5.41) is 3.28. The van der Waals surface area contributed by atoms with Crippen molar-refractivity contribution in [3.05, 3.63) is 21.9 Å². The van der Waals surface area contributed by atoms with E-state index < -0.39 is 10.2 Å². The van der Waals surface area contributed by atoms with E-state index in [1.165, 1.54) is 9.18 Å². The molecule has 1 rings (SSSR count). The largest absolute Gasteiger partial charge is 0.314 e. The van der Waals surface area contributed by atoms with Crippen LogP contribution in [0.4, 0.5) is 0 Å². The zero-order valence-corrected chi connectivity index (χ0v) is 15.0. The van der Waals surface area contributed by atoms with E-state index in [4.69, 9.17) is 0 Å². The predicted molar refractivity (Wildman–Crippen MR) is 89.8 cm³/mol. The van der Waals surface area contributed by atoms with Crippen LogP contribution >= 0.6 is 11.3 Å². The SMILES string of the molecule is CCc1ccc(CNS(=O)(=O)N(C)CCCNC(C)C)s1. The highest BCUT2D eigenvalue weighted by atomic mass is 32.2. The van der Waals surface area contributed by atoms with E-state index in [-0.39, 0.29) is 0 Å². The lowest BCUT2D eigenvalue weighted by Crippen LogP contribution is -2.39. The Bertz CT molecular complexity index is 512. The molecule has 2 N–H and O–H groups in total. The van der Waals surface area contributed by atoms with Gasteiger partial charge in [0.05, 0.1) is 0 Å². The fraction of sp³-hybridized carbons (Fsp3) is 0.714. The van der Waals surface area contributed by atoms with E-state index in [1.807, 2.05) is 6.07 Å². The molecule has 0 aliphatic rings. The summed E-state index contributed by atoms with van der Waals surface area (Å²) in [7, 11) is -1.78. The molecule has 0 aliphatic carbocycles. The van der Waals surface area contributed by atoms with Gasteiger partial charge in [-0.2, -0.15) is 17.4 Å². The summed E-state index contributed by atoms with van der Waals surface area (Å²) in [6.07, 6.45) is 1.79. The van der Waals surface area contributed by atoms with Crippen molar-refractivity contribution in [2.45, 2.75) is 46.2 Å². The van der Waals surface area contributed by atoms with Gasteiger partial charge in [-0.05, 0) is 31.5 Å². The first kappa shape index (κ1) is 18.6. The second-order valence-electron chi connectivity index (χ2n) is 5.33. The van der Waals surface area contributed by atoms with E-state index in [0.29, 0.717) is 19.1 Å². The fourth-order valence-electron chi connectivity index (χ4n) is 1.79. The Morgan fingerprint density at radius 2 is 1.95 bits per heavy atom. The molecule has 0 unspecified atom stereocenters. The van der Waals surface area contributed by atoms with E-state index in [1.54, 1.807) is 18.4 Å². The highest BCUT2D eigenvalue weighted by Gasteiger charge is 2.16. The minimum Gasteiger partial charge on any atom is -0.314 e. The number of hydrogen-bond donors (Lipinski definition) is 2. The van der Waals surface area contributed by atoms with E-state index in [9.17, 15) is 8.42 Å². The van der Waals surface area contributed by atoms with Gasteiger partial charge in [0.25, 0.3) is 10.2 Å². The standard InChI is InChI=1S/C14H27N3O2S2/c1-5-13-7-8-14(20-13)11-16-21(18,19)17(4)10-6-9-15-12(2)3/h7-8,12,15-16H,5-6,9-11H2,1-4H3. The normalized spacial score (nSPS) is 12.5. The van der Waals surface area contributed by atoms with Crippen LogP contribution in [0.5, 0.6) is 0 Å². The van der Waals surface area contributed by atoms with E-state index >= 15 is 0 Å². The number of nitrogens with one attached hydrogen (secondary N) is 2. The maximum Gasteiger partial charge on any atom is 0.279 e. The molecule has 0 aromatic carbocycles. The highest BCUT2D eigenvalue weighted by Crippen LogP contribution is 2.16. The molecule has 21 heavy (non-hydrogen) atoms. The van der Waals surface area contributed by atoms with Crippen molar-refractivity contribution < 1.29 is 8.42 Å². The van der Waals surface area contributed by atoms with Gasteiger partial charge in [-0.3, -0.25) is 0 Å². The summed E-state index contributed by atoms with van der Waals surface area (Å²) in [6.45, 7) is 7.95. The number of hydrogen-bond acceptors (Lipinski definition) is 4. The van der Waals surface area contributed by atoms with Gasteiger partial charge in [0.15, 0.2) is 0 Å². The first-order valence-corrected chi connectivity index (χ1v) is 9.62. The first-order chi connectivity index (χ1) is 9.85. The third-order valence-electron chi connectivity index (χ3n) is 3.11. The van der Waals surface area contributed by atoms with Crippen molar-refractivity contribution >= 4 is 21.5 Å². The maximum absolute atomic E-state index is 12.1. The van der Waals surface area contributed by atoms with Crippen LogP contribution in [0.2, 0.25) is 0 Å². The maximum atomic E-state index is 12.1. The molecular weight excluding hydrogens is 306 g/mol. The fourth-order valence-corrected chi connectivity index (χ4v) is 3.71. The Hall–Kier alpha value is -0.470. The molecule has 0 fully saturated rings. The monoisotopic (exact) mass is 333 g/mol. The Morgan fingerprint density at radius 3 is 2.52 bits per heavy atom. The molecule has 0 aliphatic heterocycles. The molecule has 0 saturated heterocycles. The highest BCUT2D eigenvalue weighted by molar-refractivity contribution is 7.87. The minimum absolute atomic E-state index is 0.363. The summed E-state index contributed by atoms with van der Waals surface area (Å²) in [5.74, 6) is 0. The molecule has 5 nitrogen and oxygen atoms in total. The van der Waals surface area contributed by atoms with Gasteiger partial charge in [0, 0.05) is 35.9 Å². The molecule has 7 heteroatoms. The topological polar surface area (TPSA) is 61.4 Å². The molecule has 122 valence electrons. The lowest BCUT2D eigenvalue weighted by atomic mass is 10.3. The molecule has 0 amide bonds. The van der Waals surface area contributed by atoms with Gasteiger partial charge in [-0.1, -0.05) is 20.8 Å². The molecule has 1 aromatic rings. The van der Waals surface area contributed by atoms with E-state index in [2.05, 4.69) is 36.9 Å². The van der Waals surface area contributed by atoms with Crippen LogP contribution in [0, 0.1) is 0 Å². The molecular formula is C14H27N3O2S2. The van der Waals surface area contributed by atoms with Gasteiger partial charge in [0.2, 0.25) is 0 Å². The molecule has 0 atom stereocenters. The quantitative estimate of drug-likeness (QED) is 0.644. The van der Waals surface area contributed by atoms with Crippen LogP contribution in [0.3, 0.4) is 0 Å². The molecule has 0 spiro atoms. The van der Waals surface area contributed by atoms with Gasteiger partial charge in [-0.15, -0.1) is 11.3 Å². The van der Waals surface area contributed by atoms with Crippen molar-refractivity contribution in [2.24, 2.45) is 0 Å². The van der Waals surface area contributed by atoms with Gasteiger partial charge >= 0.3 is 0 Å². The van der Waals surface area contributed by atoms with Crippen LogP contribution in [-0.2, 0) is 23.2 Å². The lowest BCUT2D eigenvalue weighted by Gasteiger charge is -2.18. The Labute approximate surface area is 132 Å². The number of thiophene rings is 1. The summed E-state index contributed by atoms with van der Waals surface area (Å²) in [4.78, 5) is 2.32. The number of aryl methyl sites for hydroxylation is 1. The Balaban J connectivity index is 2.37. The van der Waals surface area contributed by atoms with E-state index in [0.717, 1.165) is 24.3 Å². The average Bonchev–Trinajstić information content (AvgIpc) is 2.89. The third kappa shape index (κ3) is 6.88. The summed E-state index contributed by atoms with van der Waals surface area (Å²) >= 11 is 1.65. The van der Waals surface area contributed by atoms with Crippen LogP contribution in [-0.4, -0.2) is 38.9 Å². The molecule has 0 bridgehead atoms. The van der Waals surface area contributed by atoms with Crippen molar-refractivity contribution in [3.63, 3.8) is 0 Å². The zero-order valence-electron chi connectivity index (χ0n) is 13.3. The second-order valence-corrected chi connectivity index (χ2v) is 8.45. The summed E-state index contributed by atoms with van der Waals surface area (Å²) in [6, 6.07) is 4.46. The predicted octanol–water partition coefficient (Wildman–Crippen LogP) is 1.96. The summed E-state index contributed by atoms with van der Waals surface area (Å²) in [5.41, 5.74) is 0. The minimum atomic E-state index is -3.39. The van der Waals surface area contributed by atoms with Gasteiger partial charge in [0.1, 0.15) is 0 Å². The number of nitrogens with zero attached hydrogens (tertiary/aromatic N) is 1. The number of rotatable bonds is 10. The second kappa shape index (κ2) is 8.85. The smallest absolute Gasteiger partial charge is 0.279 e. The lowest BCUT2D eigenvalue weighted by molar-refractivity contribution is 0.439. The van der Waals surface area contributed by atoms with Crippen LogP contribution in [0.1, 0.15) is 36.9 Å². The average molecular weight is 334 g/mol. The van der Waals surface area contributed by atoms with Gasteiger partial charge in [-0.25, -0.2) is 0 Å². The van der Waals surface area contributed by atoms with Crippen LogP contribution < -0.4 is 10.0 Å². The van der Waals surface area contributed by atoms with Crippen molar-refractivity contribution in [3.8, 4) is 0 Å². The van der Waals surface area contributed by atoms with Crippen molar-refractivity contribution in [1.82, 2.24) is 14.3 Å².